The van der Waals surface area contributed by atoms with E-state index in [1.165, 1.54) is 13.0 Å². The topological polar surface area (TPSA) is 42.7 Å². The lowest BCUT2D eigenvalue weighted by Crippen LogP contribution is -2.43. The summed E-state index contributed by atoms with van der Waals surface area (Å²) in [5.41, 5.74) is 2.36. The summed E-state index contributed by atoms with van der Waals surface area (Å²) in [6.45, 7) is 7.41. The lowest BCUT2D eigenvalue weighted by Gasteiger charge is -2.35. The van der Waals surface area contributed by atoms with E-state index in [0.29, 0.717) is 5.58 Å². The first-order valence-electron chi connectivity index (χ1n) is 8.57. The maximum Gasteiger partial charge on any atom is 0.336 e. The summed E-state index contributed by atoms with van der Waals surface area (Å²) >= 11 is 0. The number of rotatable bonds is 3. The number of aryl methyl sites for hydroxylation is 2. The third-order valence-electron chi connectivity index (χ3n) is 5.24. The predicted octanol–water partition coefficient (Wildman–Crippen LogP) is 3.28. The molecule has 1 unspecified atom stereocenters. The molecule has 0 saturated carbocycles. The Hall–Kier alpha value is -1.81. The summed E-state index contributed by atoms with van der Waals surface area (Å²) in [6.07, 6.45) is 4.18. The average Bonchev–Trinajstić information content (AvgIpc) is 2.79. The van der Waals surface area contributed by atoms with Gasteiger partial charge in [0.25, 0.3) is 0 Å². The summed E-state index contributed by atoms with van der Waals surface area (Å²) in [5.74, 6) is 0.879. The molecule has 0 N–H and O–H groups in total. The number of hydrogen-bond acceptors (Lipinski definition) is 4. The molecule has 0 radical (unpaired) electrons. The Morgan fingerprint density at radius 1 is 1.26 bits per heavy atom. The molecule has 1 aromatic carbocycles. The molecule has 2 saturated heterocycles. The van der Waals surface area contributed by atoms with Crippen molar-refractivity contribution in [1.82, 2.24) is 4.90 Å². The van der Waals surface area contributed by atoms with E-state index < -0.39 is 0 Å². The molecule has 0 spiro atoms. The lowest BCUT2D eigenvalue weighted by atomic mass is 9.94. The fourth-order valence-corrected chi connectivity index (χ4v) is 4.14. The predicted molar refractivity (Wildman–Crippen MR) is 90.2 cm³/mol. The molecule has 0 aliphatic carbocycles. The molecule has 4 heteroatoms. The van der Waals surface area contributed by atoms with Crippen molar-refractivity contribution in [3.05, 3.63) is 39.7 Å². The van der Waals surface area contributed by atoms with Crippen LogP contribution in [0.3, 0.4) is 0 Å². The minimum absolute atomic E-state index is 0.0693. The Morgan fingerprint density at radius 2 is 2.13 bits per heavy atom. The van der Waals surface area contributed by atoms with E-state index in [1.807, 2.05) is 13.0 Å². The van der Waals surface area contributed by atoms with Gasteiger partial charge in [-0.2, -0.15) is 0 Å². The van der Waals surface area contributed by atoms with Crippen molar-refractivity contribution >= 4 is 11.0 Å². The van der Waals surface area contributed by atoms with Crippen molar-refractivity contribution in [1.29, 1.82) is 0 Å². The van der Waals surface area contributed by atoms with Gasteiger partial charge in [0.1, 0.15) is 16.9 Å². The van der Waals surface area contributed by atoms with E-state index >= 15 is 0 Å². The smallest absolute Gasteiger partial charge is 0.336 e. The van der Waals surface area contributed by atoms with Crippen LogP contribution in [0.5, 0.6) is 5.75 Å². The zero-order chi connectivity index (χ0) is 16.0. The van der Waals surface area contributed by atoms with Crippen LogP contribution < -0.4 is 10.4 Å². The first-order valence-corrected chi connectivity index (χ1v) is 8.57. The Labute approximate surface area is 136 Å². The molecule has 2 fully saturated rings. The number of fused-ring (bicyclic) bond motifs is 3. The highest BCUT2D eigenvalue weighted by molar-refractivity contribution is 5.87. The van der Waals surface area contributed by atoms with E-state index in [9.17, 15) is 4.79 Å². The highest BCUT2D eigenvalue weighted by Gasteiger charge is 2.43. The van der Waals surface area contributed by atoms with Crippen LogP contribution in [0.4, 0.5) is 0 Å². The van der Waals surface area contributed by atoms with E-state index in [1.54, 1.807) is 6.07 Å². The highest BCUT2D eigenvalue weighted by Crippen LogP contribution is 2.39. The molecule has 2 bridgehead atoms. The monoisotopic (exact) mass is 313 g/mol. The van der Waals surface area contributed by atoms with Crippen LogP contribution in [0, 0.1) is 6.92 Å². The van der Waals surface area contributed by atoms with Gasteiger partial charge in [-0.05, 0) is 56.0 Å². The van der Waals surface area contributed by atoms with E-state index in [4.69, 9.17) is 9.15 Å². The molecular weight excluding hydrogens is 290 g/mol. The van der Waals surface area contributed by atoms with Crippen LogP contribution >= 0.6 is 0 Å². The molecule has 2 aromatic rings. The zero-order valence-corrected chi connectivity index (χ0v) is 13.9. The fourth-order valence-electron chi connectivity index (χ4n) is 4.14. The number of piperidine rings is 1. The van der Waals surface area contributed by atoms with E-state index in [0.717, 1.165) is 54.6 Å². The normalized spacial score (nSPS) is 26.6. The van der Waals surface area contributed by atoms with Crippen LogP contribution in [0.15, 0.2) is 27.4 Å². The van der Waals surface area contributed by atoms with Gasteiger partial charge in [0, 0.05) is 25.6 Å². The standard InChI is InChI=1S/C19H23NO3/c1-3-14-11-17(21)22-15-9-13(2)10-16(18(14)15)23-19-5-4-7-20(12-19)8-6-19/h9-11H,3-8,12H2,1-2H3/t19-/m1/s1. The van der Waals surface area contributed by atoms with Gasteiger partial charge in [-0.3, -0.25) is 4.90 Å². The molecule has 1 aromatic heterocycles. The largest absolute Gasteiger partial charge is 0.485 e. The lowest BCUT2D eigenvalue weighted by molar-refractivity contribution is 0.0466. The summed E-state index contributed by atoms with van der Waals surface area (Å²) in [5, 5.41) is 0.969. The second-order valence-electron chi connectivity index (χ2n) is 7.00. The Balaban J connectivity index is 1.84. The van der Waals surface area contributed by atoms with Crippen LogP contribution in [0.25, 0.3) is 11.0 Å². The molecule has 2 aliphatic rings. The van der Waals surface area contributed by atoms with Crippen LogP contribution in [0.2, 0.25) is 0 Å². The van der Waals surface area contributed by atoms with Crippen molar-refractivity contribution < 1.29 is 9.15 Å². The molecule has 3 heterocycles. The molecule has 4 rings (SSSR count). The summed E-state index contributed by atoms with van der Waals surface area (Å²) in [7, 11) is 0. The number of ether oxygens (including phenoxy) is 1. The second kappa shape index (κ2) is 5.38. The number of nitrogens with zero attached hydrogens (tertiary/aromatic N) is 1. The van der Waals surface area contributed by atoms with E-state index in [-0.39, 0.29) is 11.2 Å². The maximum atomic E-state index is 11.8. The zero-order valence-electron chi connectivity index (χ0n) is 13.9. The fraction of sp³-hybridized carbons (Fsp3) is 0.526. The van der Waals surface area contributed by atoms with Gasteiger partial charge in [0.15, 0.2) is 0 Å². The molecule has 2 aliphatic heterocycles. The molecule has 0 amide bonds. The summed E-state index contributed by atoms with van der Waals surface area (Å²) in [4.78, 5) is 14.3. The van der Waals surface area contributed by atoms with Crippen LogP contribution in [0.1, 0.15) is 37.3 Å². The van der Waals surface area contributed by atoms with Gasteiger partial charge in [0.05, 0.1) is 5.39 Å². The van der Waals surface area contributed by atoms with E-state index in [2.05, 4.69) is 17.9 Å². The first-order chi connectivity index (χ1) is 11.1. The molecule has 122 valence electrons. The second-order valence-corrected chi connectivity index (χ2v) is 7.00. The van der Waals surface area contributed by atoms with Crippen molar-refractivity contribution in [3.63, 3.8) is 0 Å². The van der Waals surface area contributed by atoms with Crippen LogP contribution in [-0.4, -0.2) is 30.1 Å². The van der Waals surface area contributed by atoms with Gasteiger partial charge < -0.3 is 9.15 Å². The van der Waals surface area contributed by atoms with Gasteiger partial charge in [0.2, 0.25) is 0 Å². The van der Waals surface area contributed by atoms with Gasteiger partial charge in [-0.15, -0.1) is 0 Å². The Kier molecular flexibility index (Phi) is 3.45. The van der Waals surface area contributed by atoms with Crippen LogP contribution in [-0.2, 0) is 6.42 Å². The van der Waals surface area contributed by atoms with Crippen molar-refractivity contribution in [2.75, 3.05) is 19.6 Å². The average molecular weight is 313 g/mol. The maximum absolute atomic E-state index is 11.8. The Bertz CT molecular complexity index is 806. The minimum atomic E-state index is -0.284. The SMILES string of the molecule is CCc1cc(=O)oc2cc(C)cc(O[C@]34CCCN(CC3)C4)c12. The summed E-state index contributed by atoms with van der Waals surface area (Å²) in [6, 6.07) is 5.62. The molecule has 2 atom stereocenters. The van der Waals surface area contributed by atoms with Crippen molar-refractivity contribution in [2.45, 2.75) is 45.1 Å². The van der Waals surface area contributed by atoms with Gasteiger partial charge >= 0.3 is 5.63 Å². The summed E-state index contributed by atoms with van der Waals surface area (Å²) < 4.78 is 12.1. The third-order valence-corrected chi connectivity index (χ3v) is 5.24. The molecule has 4 nitrogen and oxygen atoms in total. The Morgan fingerprint density at radius 3 is 2.96 bits per heavy atom. The van der Waals surface area contributed by atoms with Crippen molar-refractivity contribution in [3.8, 4) is 5.75 Å². The van der Waals surface area contributed by atoms with Gasteiger partial charge in [-0.25, -0.2) is 4.79 Å². The molecular formula is C19H23NO3. The first kappa shape index (κ1) is 14.8. The third kappa shape index (κ3) is 2.55. The highest BCUT2D eigenvalue weighted by atomic mass is 16.5. The van der Waals surface area contributed by atoms with Crippen molar-refractivity contribution in [2.24, 2.45) is 0 Å². The number of hydrogen-bond donors (Lipinski definition) is 0. The van der Waals surface area contributed by atoms with Gasteiger partial charge in [-0.1, -0.05) is 6.92 Å². The minimum Gasteiger partial charge on any atom is -0.485 e. The molecule has 23 heavy (non-hydrogen) atoms. The number of benzene rings is 1. The quantitative estimate of drug-likeness (QED) is 0.816.